The molecule has 2 saturated heterocycles. The van der Waals surface area contributed by atoms with Gasteiger partial charge in [0.15, 0.2) is 0 Å². The van der Waals surface area contributed by atoms with Gasteiger partial charge in [0.05, 0.1) is 0 Å². The van der Waals surface area contributed by atoms with Crippen LogP contribution in [0.2, 0.25) is 0 Å². The van der Waals surface area contributed by atoms with Crippen LogP contribution in [0.25, 0.3) is 6.08 Å². The molecule has 2 aliphatic heterocycles. The number of benzene rings is 1. The van der Waals surface area contributed by atoms with Crippen LogP contribution in [0.1, 0.15) is 35.3 Å². The molecule has 2 aliphatic rings. The molecule has 2 amide bonds. The quantitative estimate of drug-likeness (QED) is 0.907. The minimum atomic E-state index is -0.00526. The summed E-state index contributed by atoms with van der Waals surface area (Å²) in [5.74, 6) is 0.218. The predicted molar refractivity (Wildman–Crippen MR) is 103 cm³/mol. The van der Waals surface area contributed by atoms with Gasteiger partial charge in [-0.1, -0.05) is 42.5 Å². The van der Waals surface area contributed by atoms with Crippen molar-refractivity contribution in [3.05, 3.63) is 59.9 Å². The number of carbonyl (C=O) groups excluding carboxylic acids is 2. The number of amides is 2. The van der Waals surface area contributed by atoms with Crippen LogP contribution >= 0.6 is 0 Å². The highest BCUT2D eigenvalue weighted by Gasteiger charge is 2.45. The molecular formula is C21H24N4O2. The zero-order chi connectivity index (χ0) is 18.7. The van der Waals surface area contributed by atoms with Crippen molar-refractivity contribution in [2.24, 2.45) is 5.41 Å². The van der Waals surface area contributed by atoms with Gasteiger partial charge in [0.1, 0.15) is 5.69 Å². The van der Waals surface area contributed by atoms with Gasteiger partial charge in [-0.15, -0.1) is 0 Å². The summed E-state index contributed by atoms with van der Waals surface area (Å²) in [5.41, 5.74) is 1.69. The molecule has 1 aromatic heterocycles. The number of hydrogen-bond acceptors (Lipinski definition) is 3. The highest BCUT2D eigenvalue weighted by Crippen LogP contribution is 2.41. The fraction of sp³-hybridized carbons (Fsp3) is 0.381. The summed E-state index contributed by atoms with van der Waals surface area (Å²) in [7, 11) is 0. The van der Waals surface area contributed by atoms with E-state index in [2.05, 4.69) is 34.5 Å². The maximum absolute atomic E-state index is 12.5. The third kappa shape index (κ3) is 3.79. The lowest BCUT2D eigenvalue weighted by Crippen LogP contribution is -2.44. The molecule has 1 spiro atoms. The Morgan fingerprint density at radius 3 is 2.67 bits per heavy atom. The highest BCUT2D eigenvalue weighted by atomic mass is 16.2. The first-order valence-corrected chi connectivity index (χ1v) is 9.43. The smallest absolute Gasteiger partial charge is 0.271 e. The van der Waals surface area contributed by atoms with Crippen LogP contribution in [0, 0.1) is 5.41 Å². The highest BCUT2D eigenvalue weighted by molar-refractivity contribution is 5.92. The molecule has 3 heterocycles. The Hall–Kier alpha value is -2.89. The minimum Gasteiger partial charge on any atom is -0.338 e. The van der Waals surface area contributed by atoms with E-state index in [1.165, 1.54) is 0 Å². The molecule has 1 N–H and O–H groups in total. The Kier molecular flexibility index (Phi) is 4.79. The van der Waals surface area contributed by atoms with Gasteiger partial charge in [-0.3, -0.25) is 14.7 Å². The monoisotopic (exact) mass is 364 g/mol. The van der Waals surface area contributed by atoms with Crippen molar-refractivity contribution in [1.82, 2.24) is 20.0 Å². The predicted octanol–water partition coefficient (Wildman–Crippen LogP) is 2.58. The van der Waals surface area contributed by atoms with Gasteiger partial charge in [-0.25, -0.2) is 0 Å². The summed E-state index contributed by atoms with van der Waals surface area (Å²) in [6.45, 7) is 2.82. The van der Waals surface area contributed by atoms with E-state index in [1.54, 1.807) is 12.3 Å². The van der Waals surface area contributed by atoms with E-state index in [0.29, 0.717) is 31.7 Å². The average molecular weight is 364 g/mol. The lowest BCUT2D eigenvalue weighted by molar-refractivity contribution is -0.127. The number of hydrogen-bond donors (Lipinski definition) is 1. The Balaban J connectivity index is 1.32. The zero-order valence-electron chi connectivity index (χ0n) is 15.3. The van der Waals surface area contributed by atoms with Crippen molar-refractivity contribution < 1.29 is 9.59 Å². The molecule has 0 aliphatic carbocycles. The van der Waals surface area contributed by atoms with Crippen molar-refractivity contribution >= 4 is 17.9 Å². The number of aromatic nitrogens is 2. The van der Waals surface area contributed by atoms with Gasteiger partial charge in [0.25, 0.3) is 5.91 Å². The molecule has 4 rings (SSSR count). The molecule has 27 heavy (non-hydrogen) atoms. The third-order valence-corrected chi connectivity index (χ3v) is 5.68. The third-order valence-electron chi connectivity index (χ3n) is 5.68. The van der Waals surface area contributed by atoms with E-state index in [4.69, 9.17) is 0 Å². The number of piperidine rings is 1. The lowest BCUT2D eigenvalue weighted by atomic mass is 9.77. The number of carbonyl (C=O) groups is 2. The van der Waals surface area contributed by atoms with Crippen LogP contribution < -0.4 is 0 Å². The molecule has 0 radical (unpaired) electrons. The summed E-state index contributed by atoms with van der Waals surface area (Å²) >= 11 is 0. The standard InChI is InChI=1S/C21H24N4O2/c26-19-15-21(16-25(19)12-4-7-17-5-2-1-3-6-17)9-13-24(14-10-21)20(27)18-8-11-22-23-18/h1-8,11H,9-10,12-16H2,(H,22,23). The largest absolute Gasteiger partial charge is 0.338 e. The van der Waals surface area contributed by atoms with E-state index in [0.717, 1.165) is 24.9 Å². The van der Waals surface area contributed by atoms with Crippen molar-refractivity contribution in [3.63, 3.8) is 0 Å². The average Bonchev–Trinajstić information content (AvgIpc) is 3.32. The molecular weight excluding hydrogens is 340 g/mol. The van der Waals surface area contributed by atoms with Crippen molar-refractivity contribution in [2.45, 2.75) is 19.3 Å². The summed E-state index contributed by atoms with van der Waals surface area (Å²) in [5, 5.41) is 6.58. The molecule has 6 heteroatoms. The number of H-pyrrole nitrogens is 1. The number of rotatable bonds is 4. The molecule has 0 saturated carbocycles. The van der Waals surface area contributed by atoms with E-state index < -0.39 is 0 Å². The second-order valence-corrected chi connectivity index (χ2v) is 7.53. The summed E-state index contributed by atoms with van der Waals surface area (Å²) in [6.07, 6.45) is 8.05. The molecule has 140 valence electrons. The Bertz CT molecular complexity index is 821. The second-order valence-electron chi connectivity index (χ2n) is 7.53. The molecule has 0 atom stereocenters. The van der Waals surface area contributed by atoms with Gasteiger partial charge in [0.2, 0.25) is 5.91 Å². The maximum Gasteiger partial charge on any atom is 0.271 e. The van der Waals surface area contributed by atoms with Gasteiger partial charge < -0.3 is 9.80 Å². The van der Waals surface area contributed by atoms with Crippen molar-refractivity contribution in [2.75, 3.05) is 26.2 Å². The van der Waals surface area contributed by atoms with Crippen molar-refractivity contribution in [1.29, 1.82) is 0 Å². The zero-order valence-corrected chi connectivity index (χ0v) is 15.3. The fourth-order valence-corrected chi connectivity index (χ4v) is 4.09. The fourth-order valence-electron chi connectivity index (χ4n) is 4.09. The van der Waals surface area contributed by atoms with Gasteiger partial charge in [-0.05, 0) is 24.5 Å². The topological polar surface area (TPSA) is 69.3 Å². The maximum atomic E-state index is 12.5. The first kappa shape index (κ1) is 17.5. The molecule has 0 unspecified atom stereocenters. The first-order valence-electron chi connectivity index (χ1n) is 9.43. The second kappa shape index (κ2) is 7.39. The van der Waals surface area contributed by atoms with E-state index in [9.17, 15) is 9.59 Å². The van der Waals surface area contributed by atoms with Gasteiger partial charge in [-0.2, -0.15) is 5.10 Å². The van der Waals surface area contributed by atoms with E-state index >= 15 is 0 Å². The van der Waals surface area contributed by atoms with Crippen LogP contribution in [-0.4, -0.2) is 58.0 Å². The number of likely N-dealkylation sites (tertiary alicyclic amines) is 2. The molecule has 2 fully saturated rings. The summed E-state index contributed by atoms with van der Waals surface area (Å²) < 4.78 is 0. The van der Waals surface area contributed by atoms with Gasteiger partial charge in [0, 0.05) is 44.2 Å². The molecule has 6 nitrogen and oxygen atoms in total. The number of aromatic amines is 1. The van der Waals surface area contributed by atoms with Crippen LogP contribution in [-0.2, 0) is 4.79 Å². The Morgan fingerprint density at radius 2 is 1.96 bits per heavy atom. The number of nitrogens with zero attached hydrogens (tertiary/aromatic N) is 3. The SMILES string of the molecule is O=C1CC2(CCN(C(=O)c3ccn[nH]3)CC2)CN1CC=Cc1ccccc1. The molecule has 2 aromatic rings. The molecule has 1 aromatic carbocycles. The number of nitrogens with one attached hydrogen (secondary N) is 1. The van der Waals surface area contributed by atoms with Crippen molar-refractivity contribution in [3.8, 4) is 0 Å². The lowest BCUT2D eigenvalue weighted by Gasteiger charge is -2.38. The van der Waals surface area contributed by atoms with Crippen LogP contribution in [0.4, 0.5) is 0 Å². The summed E-state index contributed by atoms with van der Waals surface area (Å²) in [6, 6.07) is 11.8. The Labute approximate surface area is 158 Å². The van der Waals surface area contributed by atoms with Crippen LogP contribution in [0.3, 0.4) is 0 Å². The van der Waals surface area contributed by atoms with Gasteiger partial charge >= 0.3 is 0 Å². The minimum absolute atomic E-state index is 0.00526. The Morgan fingerprint density at radius 1 is 1.19 bits per heavy atom. The molecule has 0 bridgehead atoms. The van der Waals surface area contributed by atoms with Crippen LogP contribution in [0.15, 0.2) is 48.7 Å². The van der Waals surface area contributed by atoms with E-state index in [-0.39, 0.29) is 17.2 Å². The first-order chi connectivity index (χ1) is 13.2. The summed E-state index contributed by atoms with van der Waals surface area (Å²) in [4.78, 5) is 28.7. The van der Waals surface area contributed by atoms with E-state index in [1.807, 2.05) is 28.0 Å². The normalized spacial score (nSPS) is 19.3. The van der Waals surface area contributed by atoms with Crippen LogP contribution in [0.5, 0.6) is 0 Å².